The molecule has 0 unspecified atom stereocenters. The smallest absolute Gasteiger partial charge is 0.434 e. The first-order valence-electron chi connectivity index (χ1n) is 4.08. The molecule has 0 spiro atoms. The number of nitro groups is 1. The van der Waals surface area contributed by atoms with Crippen molar-refractivity contribution in [2.45, 2.75) is 0 Å². The van der Waals surface area contributed by atoms with Gasteiger partial charge in [-0.15, -0.1) is 4.85 Å². The Kier molecular flexibility index (Phi) is 2.05. The summed E-state index contributed by atoms with van der Waals surface area (Å²) in [5.41, 5.74) is 0.473. The molecule has 0 aliphatic heterocycles. The molecule has 1 aromatic carbocycles. The van der Waals surface area contributed by atoms with Crippen LogP contribution in [0.15, 0.2) is 36.5 Å². The molecule has 0 atom stereocenters. The van der Waals surface area contributed by atoms with E-state index in [1.54, 1.807) is 30.3 Å². The van der Waals surface area contributed by atoms with Gasteiger partial charge in [0.15, 0.2) is 0 Å². The second-order valence-corrected chi connectivity index (χ2v) is 2.77. The molecule has 0 amide bonds. The minimum Gasteiger partial charge on any atom is -0.692 e. The molecule has 2 aromatic rings. The SMILES string of the molecule is O=[N+]([O-])c1c[n+]([O-])n(-c2ccccc2)n1. The molecule has 0 bridgehead atoms. The maximum Gasteiger partial charge on any atom is 0.434 e. The van der Waals surface area contributed by atoms with Crippen LogP contribution in [0.5, 0.6) is 0 Å². The monoisotopic (exact) mass is 206 g/mol. The summed E-state index contributed by atoms with van der Waals surface area (Å²) in [5.74, 6) is -0.478. The number of para-hydroxylation sites is 1. The van der Waals surface area contributed by atoms with Crippen LogP contribution in [-0.2, 0) is 0 Å². The van der Waals surface area contributed by atoms with Crippen LogP contribution in [0.25, 0.3) is 5.69 Å². The van der Waals surface area contributed by atoms with Crippen molar-refractivity contribution in [1.29, 1.82) is 0 Å². The summed E-state index contributed by atoms with van der Waals surface area (Å²) < 4.78 is 0. The zero-order valence-corrected chi connectivity index (χ0v) is 7.48. The van der Waals surface area contributed by atoms with Crippen LogP contribution in [0, 0.1) is 15.3 Å². The molecule has 7 nitrogen and oxygen atoms in total. The molecule has 7 heteroatoms. The standard InChI is InChI=1S/C8H6N4O3/c13-10-6-8(12(14)15)9-11(10)7-4-2-1-3-5-7/h1-6H. The van der Waals surface area contributed by atoms with Crippen molar-refractivity contribution in [3.8, 4) is 5.69 Å². The summed E-state index contributed by atoms with van der Waals surface area (Å²) in [6, 6.07) is 8.46. The third-order valence-corrected chi connectivity index (χ3v) is 1.78. The van der Waals surface area contributed by atoms with Gasteiger partial charge in [-0.1, -0.05) is 18.2 Å². The average molecular weight is 206 g/mol. The molecule has 0 aliphatic carbocycles. The van der Waals surface area contributed by atoms with E-state index in [-0.39, 0.29) is 0 Å². The molecule has 1 heterocycles. The second-order valence-electron chi connectivity index (χ2n) is 2.77. The lowest BCUT2D eigenvalue weighted by Crippen LogP contribution is -2.36. The van der Waals surface area contributed by atoms with Crippen molar-refractivity contribution in [3.05, 3.63) is 51.9 Å². The number of hydrogen-bond acceptors (Lipinski definition) is 4. The highest BCUT2D eigenvalue weighted by Crippen LogP contribution is 2.06. The Morgan fingerprint density at radius 3 is 2.53 bits per heavy atom. The van der Waals surface area contributed by atoms with Gasteiger partial charge >= 0.3 is 5.82 Å². The zero-order chi connectivity index (χ0) is 10.8. The number of rotatable bonds is 2. The van der Waals surface area contributed by atoms with Crippen LogP contribution in [-0.4, -0.2) is 14.8 Å². The van der Waals surface area contributed by atoms with E-state index in [4.69, 9.17) is 0 Å². The molecule has 15 heavy (non-hydrogen) atoms. The molecule has 1 aromatic heterocycles. The third-order valence-electron chi connectivity index (χ3n) is 1.78. The number of hydrogen-bond donors (Lipinski definition) is 0. The Morgan fingerprint density at radius 2 is 2.00 bits per heavy atom. The number of benzene rings is 1. The van der Waals surface area contributed by atoms with Crippen LogP contribution in [0.4, 0.5) is 5.82 Å². The van der Waals surface area contributed by atoms with Crippen molar-refractivity contribution >= 4 is 5.82 Å². The fraction of sp³-hybridized carbons (Fsp3) is 0. The van der Waals surface area contributed by atoms with Crippen molar-refractivity contribution in [1.82, 2.24) is 9.90 Å². The lowest BCUT2D eigenvalue weighted by molar-refractivity contribution is -0.689. The Balaban J connectivity index is 2.50. The van der Waals surface area contributed by atoms with Gasteiger partial charge in [0.2, 0.25) is 6.20 Å². The third kappa shape index (κ3) is 1.62. The first-order valence-corrected chi connectivity index (χ1v) is 4.08. The van der Waals surface area contributed by atoms with Crippen LogP contribution in [0.1, 0.15) is 0 Å². The second kappa shape index (κ2) is 3.37. The Hall–Kier alpha value is -2.44. The largest absolute Gasteiger partial charge is 0.692 e. The molecule has 0 aliphatic rings. The molecular weight excluding hydrogens is 200 g/mol. The van der Waals surface area contributed by atoms with Gasteiger partial charge in [0.05, 0.1) is 0 Å². The lowest BCUT2D eigenvalue weighted by atomic mass is 10.3. The van der Waals surface area contributed by atoms with E-state index >= 15 is 0 Å². The van der Waals surface area contributed by atoms with Gasteiger partial charge < -0.3 is 15.3 Å². The topological polar surface area (TPSA) is 87.9 Å². The summed E-state index contributed by atoms with van der Waals surface area (Å²) >= 11 is 0. The predicted octanol–water partition coefficient (Wildman–Crippen LogP) is 0.414. The molecule has 76 valence electrons. The van der Waals surface area contributed by atoms with E-state index in [0.29, 0.717) is 10.5 Å². The van der Waals surface area contributed by atoms with E-state index in [2.05, 4.69) is 5.10 Å². The summed E-state index contributed by atoms with van der Waals surface area (Å²) in [5, 5.41) is 25.2. The molecule has 0 fully saturated rings. The van der Waals surface area contributed by atoms with Crippen molar-refractivity contribution in [2.75, 3.05) is 0 Å². The van der Waals surface area contributed by atoms with Gasteiger partial charge in [-0.05, 0) is 21.9 Å². The molecule has 0 N–H and O–H groups in total. The van der Waals surface area contributed by atoms with Gasteiger partial charge in [0, 0.05) is 0 Å². The van der Waals surface area contributed by atoms with Gasteiger partial charge in [0.1, 0.15) is 10.8 Å². The maximum absolute atomic E-state index is 11.3. The average Bonchev–Trinajstić information content (AvgIpc) is 2.62. The normalized spacial score (nSPS) is 10.1. The molecule has 0 saturated carbocycles. The van der Waals surface area contributed by atoms with Crippen LogP contribution < -0.4 is 4.85 Å². The minimum absolute atomic E-state index is 0.313. The van der Waals surface area contributed by atoms with Crippen LogP contribution >= 0.6 is 0 Å². The van der Waals surface area contributed by atoms with Crippen molar-refractivity contribution in [3.63, 3.8) is 0 Å². The van der Waals surface area contributed by atoms with E-state index in [1.807, 2.05) is 0 Å². The van der Waals surface area contributed by atoms with Crippen molar-refractivity contribution in [2.24, 2.45) is 0 Å². The van der Waals surface area contributed by atoms with Crippen molar-refractivity contribution < 1.29 is 9.77 Å². The zero-order valence-electron chi connectivity index (χ0n) is 7.48. The fourth-order valence-electron chi connectivity index (χ4n) is 1.14. The fourth-order valence-corrected chi connectivity index (χ4v) is 1.14. The van der Waals surface area contributed by atoms with Gasteiger partial charge in [-0.3, -0.25) is 0 Å². The van der Waals surface area contributed by atoms with Crippen LogP contribution in [0.3, 0.4) is 0 Å². The number of aromatic nitrogens is 3. The van der Waals surface area contributed by atoms with Gasteiger partial charge in [-0.25, -0.2) is 0 Å². The first-order chi connectivity index (χ1) is 7.18. The summed E-state index contributed by atoms with van der Waals surface area (Å²) in [7, 11) is 0. The highest BCUT2D eigenvalue weighted by Gasteiger charge is 2.17. The maximum atomic E-state index is 11.3. The summed E-state index contributed by atoms with van der Waals surface area (Å²) in [6.45, 7) is 0. The molecular formula is C8H6N4O3. The van der Waals surface area contributed by atoms with Gasteiger partial charge in [-0.2, -0.15) is 0 Å². The Labute approximate surface area is 83.9 Å². The van der Waals surface area contributed by atoms with E-state index in [9.17, 15) is 15.3 Å². The quantitative estimate of drug-likeness (QED) is 0.308. The predicted molar refractivity (Wildman–Crippen MR) is 49.2 cm³/mol. The Morgan fingerprint density at radius 1 is 1.33 bits per heavy atom. The molecule has 0 saturated heterocycles. The van der Waals surface area contributed by atoms with E-state index in [1.165, 1.54) is 0 Å². The first kappa shape index (κ1) is 9.13. The lowest BCUT2D eigenvalue weighted by Gasteiger charge is -2.00. The molecule has 2 rings (SSSR count). The number of nitrogens with zero attached hydrogens (tertiary/aromatic N) is 4. The molecule has 0 radical (unpaired) electrons. The van der Waals surface area contributed by atoms with E-state index in [0.717, 1.165) is 11.0 Å². The summed E-state index contributed by atoms with van der Waals surface area (Å²) in [4.78, 5) is 10.9. The summed E-state index contributed by atoms with van der Waals surface area (Å²) in [6.07, 6.45) is 0.812. The Bertz CT molecular complexity index is 494. The highest BCUT2D eigenvalue weighted by atomic mass is 16.6. The minimum atomic E-state index is -0.714. The van der Waals surface area contributed by atoms with Crippen LogP contribution in [0.2, 0.25) is 0 Å². The van der Waals surface area contributed by atoms with Gasteiger partial charge in [0.25, 0.3) is 0 Å². The van der Waals surface area contributed by atoms with E-state index < -0.39 is 10.7 Å². The highest BCUT2D eigenvalue weighted by molar-refractivity contribution is 5.28.